The van der Waals surface area contributed by atoms with Crippen LogP contribution in [0.3, 0.4) is 0 Å². The monoisotopic (exact) mass is 287 g/mol. The molecule has 4 heteroatoms. The molecule has 1 aromatic carbocycles. The van der Waals surface area contributed by atoms with Crippen LogP contribution in [-0.2, 0) is 12.8 Å². The summed E-state index contributed by atoms with van der Waals surface area (Å²) in [5, 5.41) is 4.96. The van der Waals surface area contributed by atoms with Crippen LogP contribution in [0.4, 0.5) is 0 Å². The van der Waals surface area contributed by atoms with Crippen molar-refractivity contribution in [2.75, 3.05) is 6.61 Å². The minimum atomic E-state index is 0.0111. The highest BCUT2D eigenvalue weighted by Crippen LogP contribution is 2.26. The predicted molar refractivity (Wildman–Crippen MR) is 80.6 cm³/mol. The second-order valence-electron chi connectivity index (χ2n) is 5.10. The van der Waals surface area contributed by atoms with Crippen molar-refractivity contribution in [1.82, 2.24) is 5.32 Å². The number of nitrogens with one attached hydrogen (secondary N) is 1. The quantitative estimate of drug-likeness (QED) is 0.938. The van der Waals surface area contributed by atoms with E-state index in [9.17, 15) is 4.79 Å². The van der Waals surface area contributed by atoms with Gasteiger partial charge in [0.05, 0.1) is 11.5 Å². The van der Waals surface area contributed by atoms with E-state index in [0.717, 1.165) is 30.1 Å². The molecule has 2 heterocycles. The second-order valence-corrected chi connectivity index (χ2v) is 6.04. The van der Waals surface area contributed by atoms with Crippen LogP contribution in [0.25, 0.3) is 0 Å². The summed E-state index contributed by atoms with van der Waals surface area (Å²) in [6.07, 6.45) is 1.82. The minimum absolute atomic E-state index is 0.0111. The average Bonchev–Trinajstić information content (AvgIpc) is 3.09. The molecular formula is C16H17NO2S. The van der Waals surface area contributed by atoms with Crippen LogP contribution >= 0.6 is 11.3 Å². The highest BCUT2D eigenvalue weighted by molar-refractivity contribution is 7.12. The van der Waals surface area contributed by atoms with Gasteiger partial charge in [0.2, 0.25) is 0 Å². The number of thiophene rings is 1. The Morgan fingerprint density at radius 1 is 1.45 bits per heavy atom. The number of ether oxygens (including phenoxy) is 1. The summed E-state index contributed by atoms with van der Waals surface area (Å²) in [4.78, 5) is 12.7. The zero-order valence-electron chi connectivity index (χ0n) is 11.4. The fourth-order valence-electron chi connectivity index (χ4n) is 2.47. The summed E-state index contributed by atoms with van der Waals surface area (Å²) in [5.74, 6) is 1.01. The van der Waals surface area contributed by atoms with E-state index in [0.29, 0.717) is 0 Å². The smallest absolute Gasteiger partial charge is 0.261 e. The van der Waals surface area contributed by atoms with Crippen LogP contribution in [0.15, 0.2) is 35.7 Å². The van der Waals surface area contributed by atoms with Gasteiger partial charge in [0, 0.05) is 12.5 Å². The van der Waals surface area contributed by atoms with E-state index in [4.69, 9.17) is 4.74 Å². The molecule has 0 spiro atoms. The summed E-state index contributed by atoms with van der Waals surface area (Å²) in [6, 6.07) is 10.2. The maximum absolute atomic E-state index is 12.0. The summed E-state index contributed by atoms with van der Waals surface area (Å²) in [6.45, 7) is 2.82. The van der Waals surface area contributed by atoms with Gasteiger partial charge in [0.25, 0.3) is 5.91 Å². The maximum Gasteiger partial charge on any atom is 0.261 e. The molecule has 0 radical (unpaired) electrons. The van der Waals surface area contributed by atoms with Crippen LogP contribution in [0.2, 0.25) is 0 Å². The lowest BCUT2D eigenvalue weighted by Gasteiger charge is -2.14. The minimum Gasteiger partial charge on any atom is -0.493 e. The highest BCUT2D eigenvalue weighted by atomic mass is 32.1. The van der Waals surface area contributed by atoms with Crippen LogP contribution in [0.5, 0.6) is 5.75 Å². The Bertz CT molecular complexity index is 607. The maximum atomic E-state index is 12.0. The molecule has 0 aliphatic carbocycles. The molecule has 0 saturated carbocycles. The molecule has 1 aliphatic heterocycles. The number of fused-ring (bicyclic) bond motifs is 1. The Balaban J connectivity index is 1.61. The van der Waals surface area contributed by atoms with Gasteiger partial charge in [-0.2, -0.15) is 0 Å². The third-order valence-corrected chi connectivity index (χ3v) is 4.29. The van der Waals surface area contributed by atoms with E-state index in [1.165, 1.54) is 22.5 Å². The summed E-state index contributed by atoms with van der Waals surface area (Å²) < 4.78 is 5.50. The summed E-state index contributed by atoms with van der Waals surface area (Å²) in [7, 11) is 0. The Labute approximate surface area is 122 Å². The molecule has 1 aliphatic rings. The van der Waals surface area contributed by atoms with Crippen LogP contribution < -0.4 is 10.1 Å². The van der Waals surface area contributed by atoms with E-state index in [-0.39, 0.29) is 11.9 Å². The van der Waals surface area contributed by atoms with Gasteiger partial charge >= 0.3 is 0 Å². The van der Waals surface area contributed by atoms with E-state index in [2.05, 4.69) is 17.4 Å². The molecule has 0 bridgehead atoms. The predicted octanol–water partition coefficient (Wildman–Crippen LogP) is 3.04. The fraction of sp³-hybridized carbons (Fsp3) is 0.312. The number of hydrogen-bond acceptors (Lipinski definition) is 3. The molecule has 3 rings (SSSR count). The molecule has 0 saturated heterocycles. The van der Waals surface area contributed by atoms with Crippen molar-refractivity contribution < 1.29 is 9.53 Å². The number of carbonyl (C=O) groups excluding carboxylic acids is 1. The largest absolute Gasteiger partial charge is 0.493 e. The molecule has 0 fully saturated rings. The first-order valence-corrected chi connectivity index (χ1v) is 7.69. The van der Waals surface area contributed by atoms with Gasteiger partial charge in [0.15, 0.2) is 0 Å². The van der Waals surface area contributed by atoms with Crippen molar-refractivity contribution in [3.8, 4) is 5.75 Å². The lowest BCUT2D eigenvalue weighted by Crippen LogP contribution is -2.33. The Hall–Kier alpha value is -1.81. The zero-order chi connectivity index (χ0) is 13.9. The highest BCUT2D eigenvalue weighted by Gasteiger charge is 2.14. The van der Waals surface area contributed by atoms with Crippen LogP contribution in [-0.4, -0.2) is 18.6 Å². The molecule has 1 aromatic heterocycles. The molecule has 1 atom stereocenters. The van der Waals surface area contributed by atoms with Crippen LogP contribution in [0.1, 0.15) is 27.7 Å². The zero-order valence-corrected chi connectivity index (χ0v) is 12.2. The van der Waals surface area contributed by atoms with Gasteiger partial charge in [-0.3, -0.25) is 4.79 Å². The van der Waals surface area contributed by atoms with Crippen molar-refractivity contribution in [2.45, 2.75) is 25.8 Å². The first kappa shape index (κ1) is 13.2. The molecule has 1 N–H and O–H groups in total. The van der Waals surface area contributed by atoms with Crippen molar-refractivity contribution in [2.24, 2.45) is 0 Å². The third kappa shape index (κ3) is 2.85. The van der Waals surface area contributed by atoms with E-state index < -0.39 is 0 Å². The van der Waals surface area contributed by atoms with Gasteiger partial charge in [-0.15, -0.1) is 11.3 Å². The van der Waals surface area contributed by atoms with Crippen molar-refractivity contribution in [1.29, 1.82) is 0 Å². The number of carbonyl (C=O) groups is 1. The fourth-order valence-corrected chi connectivity index (χ4v) is 3.10. The van der Waals surface area contributed by atoms with E-state index >= 15 is 0 Å². The van der Waals surface area contributed by atoms with E-state index in [1.807, 2.05) is 30.5 Å². The molecule has 2 aromatic rings. The topological polar surface area (TPSA) is 38.3 Å². The standard InChI is InChI=1S/C16H17NO2S/c1-11(17-16(18)15-3-2-8-20-15)9-12-4-5-14-13(10-12)6-7-19-14/h2-5,8,10-11H,6-7,9H2,1H3,(H,17,18)/t11-/m1/s1. The molecule has 104 valence electrons. The van der Waals surface area contributed by atoms with Gasteiger partial charge in [-0.1, -0.05) is 18.2 Å². The number of benzene rings is 1. The Kier molecular flexibility index (Phi) is 3.74. The normalized spacial score (nSPS) is 14.4. The molecule has 3 nitrogen and oxygen atoms in total. The second kappa shape index (κ2) is 5.67. The van der Waals surface area contributed by atoms with Gasteiger partial charge in [0.1, 0.15) is 5.75 Å². The molecule has 1 amide bonds. The number of rotatable bonds is 4. The SMILES string of the molecule is C[C@H](Cc1ccc2c(c1)CCO2)NC(=O)c1cccs1. The number of amides is 1. The lowest BCUT2D eigenvalue weighted by atomic mass is 10.0. The first-order valence-electron chi connectivity index (χ1n) is 6.81. The molecule has 0 unspecified atom stereocenters. The number of hydrogen-bond donors (Lipinski definition) is 1. The van der Waals surface area contributed by atoms with Crippen molar-refractivity contribution in [3.05, 3.63) is 51.7 Å². The van der Waals surface area contributed by atoms with Crippen molar-refractivity contribution in [3.63, 3.8) is 0 Å². The van der Waals surface area contributed by atoms with Crippen molar-refractivity contribution >= 4 is 17.2 Å². The van der Waals surface area contributed by atoms with E-state index in [1.54, 1.807) is 0 Å². The summed E-state index contributed by atoms with van der Waals surface area (Å²) >= 11 is 1.47. The Morgan fingerprint density at radius 3 is 3.15 bits per heavy atom. The van der Waals surface area contributed by atoms with Crippen LogP contribution in [0, 0.1) is 0 Å². The van der Waals surface area contributed by atoms with Gasteiger partial charge in [-0.25, -0.2) is 0 Å². The molecule has 20 heavy (non-hydrogen) atoms. The van der Waals surface area contributed by atoms with Gasteiger partial charge < -0.3 is 10.1 Å². The first-order chi connectivity index (χ1) is 9.72. The third-order valence-electron chi connectivity index (χ3n) is 3.42. The average molecular weight is 287 g/mol. The lowest BCUT2D eigenvalue weighted by molar-refractivity contribution is 0.0944. The summed E-state index contributed by atoms with van der Waals surface area (Å²) in [5.41, 5.74) is 2.52. The Morgan fingerprint density at radius 2 is 2.35 bits per heavy atom. The van der Waals surface area contributed by atoms with Gasteiger partial charge in [-0.05, 0) is 42.0 Å². The molecular weight excluding hydrogens is 270 g/mol.